The largest absolute Gasteiger partial charge is 0.315 e. The SMILES string of the molecule is Cc1ncn(CCNCCC(C)C)c(=O)c1I. The first kappa shape index (κ1) is 14.6. The molecule has 0 aromatic carbocycles. The number of nitrogens with zero attached hydrogens (tertiary/aromatic N) is 2. The van der Waals surface area contributed by atoms with E-state index in [0.29, 0.717) is 16.0 Å². The van der Waals surface area contributed by atoms with Gasteiger partial charge in [0.15, 0.2) is 0 Å². The van der Waals surface area contributed by atoms with E-state index in [1.54, 1.807) is 10.9 Å². The molecule has 0 amide bonds. The van der Waals surface area contributed by atoms with Crippen molar-refractivity contribution >= 4 is 22.6 Å². The van der Waals surface area contributed by atoms with Crippen LogP contribution in [0.3, 0.4) is 0 Å². The summed E-state index contributed by atoms with van der Waals surface area (Å²) in [6.07, 6.45) is 2.79. The summed E-state index contributed by atoms with van der Waals surface area (Å²) in [6, 6.07) is 0. The third-order valence-electron chi connectivity index (χ3n) is 2.58. The average Bonchev–Trinajstić information content (AvgIpc) is 2.28. The molecule has 1 aromatic rings. The highest BCUT2D eigenvalue weighted by atomic mass is 127. The van der Waals surface area contributed by atoms with Gasteiger partial charge in [0, 0.05) is 13.1 Å². The fraction of sp³-hybridized carbons (Fsp3) is 0.667. The van der Waals surface area contributed by atoms with Gasteiger partial charge >= 0.3 is 0 Å². The first-order valence-corrected chi connectivity index (χ1v) is 7.02. The summed E-state index contributed by atoms with van der Waals surface area (Å²) < 4.78 is 2.38. The monoisotopic (exact) mass is 349 g/mol. The number of halogens is 1. The van der Waals surface area contributed by atoms with Crippen LogP contribution in [0.4, 0.5) is 0 Å². The van der Waals surface area contributed by atoms with Crippen molar-refractivity contribution in [2.24, 2.45) is 5.92 Å². The van der Waals surface area contributed by atoms with E-state index in [1.165, 1.54) is 6.42 Å². The van der Waals surface area contributed by atoms with Gasteiger partial charge < -0.3 is 5.32 Å². The maximum absolute atomic E-state index is 11.8. The Kier molecular flexibility index (Phi) is 6.11. The van der Waals surface area contributed by atoms with Gasteiger partial charge in [0.25, 0.3) is 5.56 Å². The molecule has 1 aromatic heterocycles. The molecule has 1 N–H and O–H groups in total. The molecular formula is C12H20IN3O. The van der Waals surface area contributed by atoms with Gasteiger partial charge in [-0.05, 0) is 48.4 Å². The zero-order valence-corrected chi connectivity index (χ0v) is 12.8. The van der Waals surface area contributed by atoms with Crippen molar-refractivity contribution in [3.8, 4) is 0 Å². The van der Waals surface area contributed by atoms with Crippen LogP contribution < -0.4 is 10.9 Å². The summed E-state index contributed by atoms with van der Waals surface area (Å²) in [7, 11) is 0. The summed E-state index contributed by atoms with van der Waals surface area (Å²) in [5.74, 6) is 0.715. The number of nitrogens with one attached hydrogen (secondary N) is 1. The Balaban J connectivity index is 2.43. The Morgan fingerprint density at radius 1 is 1.47 bits per heavy atom. The van der Waals surface area contributed by atoms with Gasteiger partial charge in [-0.3, -0.25) is 9.36 Å². The van der Waals surface area contributed by atoms with Crippen molar-refractivity contribution in [1.29, 1.82) is 0 Å². The first-order chi connectivity index (χ1) is 8.02. The molecule has 5 heteroatoms. The highest BCUT2D eigenvalue weighted by molar-refractivity contribution is 14.1. The molecule has 1 heterocycles. The highest BCUT2D eigenvalue weighted by Crippen LogP contribution is 2.01. The topological polar surface area (TPSA) is 46.9 Å². The molecule has 0 fully saturated rings. The van der Waals surface area contributed by atoms with E-state index >= 15 is 0 Å². The minimum Gasteiger partial charge on any atom is -0.315 e. The van der Waals surface area contributed by atoms with Gasteiger partial charge in [-0.15, -0.1) is 0 Å². The first-order valence-electron chi connectivity index (χ1n) is 5.94. The summed E-state index contributed by atoms with van der Waals surface area (Å²) >= 11 is 2.06. The summed E-state index contributed by atoms with van der Waals surface area (Å²) in [5, 5.41) is 3.34. The van der Waals surface area contributed by atoms with Gasteiger partial charge in [0.05, 0.1) is 15.6 Å². The van der Waals surface area contributed by atoms with Crippen molar-refractivity contribution < 1.29 is 0 Å². The summed E-state index contributed by atoms with van der Waals surface area (Å²) in [4.78, 5) is 16.0. The van der Waals surface area contributed by atoms with Crippen LogP contribution in [0.2, 0.25) is 0 Å². The molecule has 0 spiro atoms. The Morgan fingerprint density at radius 3 is 2.82 bits per heavy atom. The summed E-state index contributed by atoms with van der Waals surface area (Å²) in [5.41, 5.74) is 0.864. The molecule has 1 rings (SSSR count). The Bertz CT molecular complexity index is 415. The maximum Gasteiger partial charge on any atom is 0.267 e. The van der Waals surface area contributed by atoms with Gasteiger partial charge in [0.2, 0.25) is 0 Å². The number of hydrogen-bond acceptors (Lipinski definition) is 3. The standard InChI is InChI=1S/C12H20IN3O/c1-9(2)4-5-14-6-7-16-8-15-10(3)11(13)12(16)17/h8-9,14H,4-7H2,1-3H3. The summed E-state index contributed by atoms with van der Waals surface area (Å²) in [6.45, 7) is 8.77. The van der Waals surface area contributed by atoms with Crippen LogP contribution in [0.15, 0.2) is 11.1 Å². The zero-order chi connectivity index (χ0) is 12.8. The molecule has 96 valence electrons. The zero-order valence-electron chi connectivity index (χ0n) is 10.7. The van der Waals surface area contributed by atoms with E-state index in [0.717, 1.165) is 18.8 Å². The van der Waals surface area contributed by atoms with E-state index in [2.05, 4.69) is 46.7 Å². The Labute approximate surface area is 116 Å². The lowest BCUT2D eigenvalue weighted by molar-refractivity contribution is 0.513. The molecule has 0 saturated heterocycles. The van der Waals surface area contributed by atoms with Crippen LogP contribution in [0.5, 0.6) is 0 Å². The molecule has 4 nitrogen and oxygen atoms in total. The van der Waals surface area contributed by atoms with Crippen LogP contribution in [0.25, 0.3) is 0 Å². The number of aromatic nitrogens is 2. The van der Waals surface area contributed by atoms with E-state index < -0.39 is 0 Å². The minimum atomic E-state index is 0.0590. The fourth-order valence-corrected chi connectivity index (χ4v) is 1.87. The highest BCUT2D eigenvalue weighted by Gasteiger charge is 2.04. The van der Waals surface area contributed by atoms with Crippen molar-refractivity contribution in [2.45, 2.75) is 33.7 Å². The average molecular weight is 349 g/mol. The Hall–Kier alpha value is -0.430. The van der Waals surface area contributed by atoms with Crippen molar-refractivity contribution in [2.75, 3.05) is 13.1 Å². The molecule has 0 saturated carbocycles. The molecule has 0 bridgehead atoms. The molecule has 17 heavy (non-hydrogen) atoms. The predicted octanol–water partition coefficient (Wildman–Crippen LogP) is 1.79. The fourth-order valence-electron chi connectivity index (χ4n) is 1.42. The quantitative estimate of drug-likeness (QED) is 0.629. The number of rotatable bonds is 6. The van der Waals surface area contributed by atoms with E-state index in [4.69, 9.17) is 0 Å². The van der Waals surface area contributed by atoms with Crippen LogP contribution >= 0.6 is 22.6 Å². The second-order valence-electron chi connectivity index (χ2n) is 4.58. The molecular weight excluding hydrogens is 329 g/mol. The third kappa shape index (κ3) is 4.75. The second-order valence-corrected chi connectivity index (χ2v) is 5.65. The maximum atomic E-state index is 11.8. The minimum absolute atomic E-state index is 0.0590. The lowest BCUT2D eigenvalue weighted by atomic mass is 10.1. The molecule has 0 aliphatic heterocycles. The van der Waals surface area contributed by atoms with Crippen LogP contribution in [-0.2, 0) is 6.54 Å². The smallest absolute Gasteiger partial charge is 0.267 e. The second kappa shape index (κ2) is 7.10. The van der Waals surface area contributed by atoms with Crippen molar-refractivity contribution in [1.82, 2.24) is 14.9 Å². The predicted molar refractivity (Wildman–Crippen MR) is 78.3 cm³/mol. The van der Waals surface area contributed by atoms with Gasteiger partial charge in [-0.1, -0.05) is 13.8 Å². The van der Waals surface area contributed by atoms with E-state index in [-0.39, 0.29) is 5.56 Å². The van der Waals surface area contributed by atoms with Crippen molar-refractivity contribution in [3.63, 3.8) is 0 Å². The lowest BCUT2D eigenvalue weighted by Crippen LogP contribution is -2.29. The Morgan fingerprint density at radius 2 is 2.18 bits per heavy atom. The lowest BCUT2D eigenvalue weighted by Gasteiger charge is -2.09. The molecule has 0 atom stereocenters. The van der Waals surface area contributed by atoms with Gasteiger partial charge in [-0.2, -0.15) is 0 Å². The molecule has 0 aliphatic rings. The van der Waals surface area contributed by atoms with Crippen LogP contribution in [0, 0.1) is 16.4 Å². The van der Waals surface area contributed by atoms with E-state index in [9.17, 15) is 4.79 Å². The number of hydrogen-bond donors (Lipinski definition) is 1. The van der Waals surface area contributed by atoms with Crippen LogP contribution in [0.1, 0.15) is 26.0 Å². The normalized spacial score (nSPS) is 11.1. The molecule has 0 unspecified atom stereocenters. The van der Waals surface area contributed by atoms with Crippen LogP contribution in [-0.4, -0.2) is 22.6 Å². The van der Waals surface area contributed by atoms with E-state index in [1.807, 2.05) is 6.92 Å². The number of aryl methyl sites for hydroxylation is 1. The van der Waals surface area contributed by atoms with Gasteiger partial charge in [0.1, 0.15) is 0 Å². The van der Waals surface area contributed by atoms with Gasteiger partial charge in [-0.25, -0.2) is 4.98 Å². The molecule has 0 aliphatic carbocycles. The third-order valence-corrected chi connectivity index (χ3v) is 3.83. The van der Waals surface area contributed by atoms with Crippen molar-refractivity contribution in [3.05, 3.63) is 25.9 Å². The molecule has 0 radical (unpaired) electrons.